The Morgan fingerprint density at radius 2 is 1.88 bits per heavy atom. The van der Waals surface area contributed by atoms with Crippen molar-refractivity contribution in [1.29, 1.82) is 0 Å². The minimum Gasteiger partial charge on any atom is -0.494 e. The van der Waals surface area contributed by atoms with Gasteiger partial charge in [0.05, 0.1) is 12.5 Å². The summed E-state index contributed by atoms with van der Waals surface area (Å²) in [6.07, 6.45) is 0. The van der Waals surface area contributed by atoms with Crippen molar-refractivity contribution in [3.8, 4) is 17.6 Å². The lowest BCUT2D eigenvalue weighted by Gasteiger charge is -2.04. The maximum absolute atomic E-state index is 5.54. The lowest BCUT2D eigenvalue weighted by atomic mass is 10.1. The van der Waals surface area contributed by atoms with Crippen LogP contribution in [0.5, 0.6) is 5.75 Å². The predicted molar refractivity (Wildman–Crippen MR) is 72.7 cm³/mol. The van der Waals surface area contributed by atoms with Gasteiger partial charge >= 0.3 is 0 Å². The number of alkyl halides is 1. The Labute approximate surface area is 106 Å². The van der Waals surface area contributed by atoms with E-state index in [0.717, 1.165) is 22.1 Å². The standard InChI is InChI=1S/C15H13ClO/c1-2-17-15-8-7-13-10-12(4-3-9-16)5-6-14(13)11-15/h5-8,10-11H,2,9H2,1H3. The predicted octanol–water partition coefficient (Wildman–Crippen LogP) is 3.83. The van der Waals surface area contributed by atoms with Gasteiger partial charge in [0.2, 0.25) is 0 Å². The number of fused-ring (bicyclic) bond motifs is 1. The molecule has 0 aliphatic heterocycles. The van der Waals surface area contributed by atoms with Gasteiger partial charge in [-0.05, 0) is 42.0 Å². The Morgan fingerprint density at radius 1 is 1.12 bits per heavy atom. The molecule has 86 valence electrons. The third kappa shape index (κ3) is 2.93. The third-order valence-electron chi connectivity index (χ3n) is 2.42. The number of hydrogen-bond donors (Lipinski definition) is 0. The number of rotatable bonds is 2. The molecule has 0 aromatic heterocycles. The Hall–Kier alpha value is -1.65. The summed E-state index contributed by atoms with van der Waals surface area (Å²) in [5, 5.41) is 2.32. The maximum atomic E-state index is 5.54. The van der Waals surface area contributed by atoms with Crippen LogP contribution in [-0.2, 0) is 0 Å². The molecule has 2 rings (SSSR count). The average molecular weight is 245 g/mol. The zero-order valence-electron chi connectivity index (χ0n) is 9.66. The number of hydrogen-bond acceptors (Lipinski definition) is 1. The number of ether oxygens (including phenoxy) is 1. The fraction of sp³-hybridized carbons (Fsp3) is 0.200. The largest absolute Gasteiger partial charge is 0.494 e. The van der Waals surface area contributed by atoms with E-state index in [0.29, 0.717) is 12.5 Å². The van der Waals surface area contributed by atoms with Gasteiger partial charge in [-0.1, -0.05) is 24.0 Å². The lowest BCUT2D eigenvalue weighted by molar-refractivity contribution is 0.341. The van der Waals surface area contributed by atoms with E-state index in [9.17, 15) is 0 Å². The van der Waals surface area contributed by atoms with Crippen LogP contribution in [0.2, 0.25) is 0 Å². The lowest BCUT2D eigenvalue weighted by Crippen LogP contribution is -1.90. The van der Waals surface area contributed by atoms with Gasteiger partial charge in [0, 0.05) is 5.56 Å². The van der Waals surface area contributed by atoms with E-state index < -0.39 is 0 Å². The van der Waals surface area contributed by atoms with Crippen molar-refractivity contribution in [1.82, 2.24) is 0 Å². The fourth-order valence-corrected chi connectivity index (χ4v) is 1.76. The summed E-state index contributed by atoms with van der Waals surface area (Å²) in [6.45, 7) is 2.67. The van der Waals surface area contributed by atoms with Crippen molar-refractivity contribution >= 4 is 22.4 Å². The Kier molecular flexibility index (Phi) is 3.90. The Bertz CT molecular complexity index is 578. The van der Waals surface area contributed by atoms with Crippen molar-refractivity contribution in [3.63, 3.8) is 0 Å². The molecule has 0 heterocycles. The SMILES string of the molecule is CCOc1ccc2cc(C#CCCl)ccc2c1. The van der Waals surface area contributed by atoms with E-state index in [2.05, 4.69) is 24.0 Å². The molecule has 0 unspecified atom stereocenters. The molecule has 0 saturated carbocycles. The first kappa shape index (κ1) is 11.8. The van der Waals surface area contributed by atoms with Gasteiger partial charge in [-0.25, -0.2) is 0 Å². The molecular weight excluding hydrogens is 232 g/mol. The zero-order valence-corrected chi connectivity index (χ0v) is 10.4. The average Bonchev–Trinajstić information content (AvgIpc) is 2.36. The van der Waals surface area contributed by atoms with Gasteiger partial charge in [-0.2, -0.15) is 0 Å². The highest BCUT2D eigenvalue weighted by molar-refractivity contribution is 6.19. The monoisotopic (exact) mass is 244 g/mol. The van der Waals surface area contributed by atoms with Crippen LogP contribution < -0.4 is 4.74 Å². The highest BCUT2D eigenvalue weighted by Crippen LogP contribution is 2.21. The first-order chi connectivity index (χ1) is 8.33. The minimum absolute atomic E-state index is 0.362. The number of benzene rings is 2. The molecule has 0 N–H and O–H groups in total. The van der Waals surface area contributed by atoms with Crippen LogP contribution in [0, 0.1) is 11.8 Å². The second-order valence-corrected chi connectivity index (χ2v) is 3.86. The van der Waals surface area contributed by atoms with Crippen LogP contribution in [0.15, 0.2) is 36.4 Å². The Morgan fingerprint density at radius 3 is 2.65 bits per heavy atom. The highest BCUT2D eigenvalue weighted by atomic mass is 35.5. The van der Waals surface area contributed by atoms with E-state index in [-0.39, 0.29) is 0 Å². The van der Waals surface area contributed by atoms with Gasteiger partial charge < -0.3 is 4.74 Å². The van der Waals surface area contributed by atoms with Gasteiger partial charge in [-0.3, -0.25) is 0 Å². The second-order valence-electron chi connectivity index (χ2n) is 3.59. The zero-order chi connectivity index (χ0) is 12.1. The van der Waals surface area contributed by atoms with Crippen LogP contribution in [0.4, 0.5) is 0 Å². The molecule has 0 radical (unpaired) electrons. The van der Waals surface area contributed by atoms with Crippen molar-refractivity contribution in [2.24, 2.45) is 0 Å². The molecule has 0 atom stereocenters. The molecule has 0 aliphatic rings. The van der Waals surface area contributed by atoms with Gasteiger partial charge in [0.1, 0.15) is 5.75 Å². The summed E-state index contributed by atoms with van der Waals surface area (Å²) in [7, 11) is 0. The number of halogens is 1. The van der Waals surface area contributed by atoms with Crippen molar-refractivity contribution < 1.29 is 4.74 Å². The smallest absolute Gasteiger partial charge is 0.119 e. The normalized spacial score (nSPS) is 9.76. The molecule has 2 aromatic carbocycles. The van der Waals surface area contributed by atoms with Crippen molar-refractivity contribution in [2.45, 2.75) is 6.92 Å². The summed E-state index contributed by atoms with van der Waals surface area (Å²) in [5.41, 5.74) is 0.988. The van der Waals surface area contributed by atoms with Gasteiger partial charge in [-0.15, -0.1) is 11.6 Å². The summed E-state index contributed by atoms with van der Waals surface area (Å²) in [6, 6.07) is 12.2. The fourth-order valence-electron chi connectivity index (χ4n) is 1.69. The van der Waals surface area contributed by atoms with Gasteiger partial charge in [0.15, 0.2) is 0 Å². The molecule has 0 amide bonds. The van der Waals surface area contributed by atoms with E-state index in [1.54, 1.807) is 0 Å². The summed E-state index contributed by atoms with van der Waals surface area (Å²) >= 11 is 5.54. The third-order valence-corrected chi connectivity index (χ3v) is 2.56. The van der Waals surface area contributed by atoms with E-state index in [1.165, 1.54) is 0 Å². The molecule has 2 heteroatoms. The summed E-state index contributed by atoms with van der Waals surface area (Å²) in [4.78, 5) is 0. The molecule has 17 heavy (non-hydrogen) atoms. The van der Waals surface area contributed by atoms with Crippen molar-refractivity contribution in [3.05, 3.63) is 42.0 Å². The van der Waals surface area contributed by atoms with E-state index in [4.69, 9.17) is 16.3 Å². The highest BCUT2D eigenvalue weighted by Gasteiger charge is 1.97. The van der Waals surface area contributed by atoms with Crippen LogP contribution in [0.3, 0.4) is 0 Å². The van der Waals surface area contributed by atoms with Gasteiger partial charge in [0.25, 0.3) is 0 Å². The minimum atomic E-state index is 0.362. The Balaban J connectivity index is 2.39. The quantitative estimate of drug-likeness (QED) is 0.576. The van der Waals surface area contributed by atoms with Crippen LogP contribution in [0.25, 0.3) is 10.8 Å². The molecule has 0 spiro atoms. The topological polar surface area (TPSA) is 9.23 Å². The van der Waals surface area contributed by atoms with Crippen LogP contribution in [-0.4, -0.2) is 12.5 Å². The second kappa shape index (κ2) is 5.61. The molecule has 2 aromatic rings. The molecule has 0 aliphatic carbocycles. The van der Waals surface area contributed by atoms with Crippen LogP contribution in [0.1, 0.15) is 12.5 Å². The summed E-state index contributed by atoms with van der Waals surface area (Å²) < 4.78 is 5.46. The maximum Gasteiger partial charge on any atom is 0.119 e. The molecule has 0 fully saturated rings. The van der Waals surface area contributed by atoms with Crippen LogP contribution >= 0.6 is 11.6 Å². The van der Waals surface area contributed by atoms with E-state index >= 15 is 0 Å². The molecular formula is C15H13ClO. The van der Waals surface area contributed by atoms with E-state index in [1.807, 2.05) is 31.2 Å². The molecule has 0 bridgehead atoms. The first-order valence-electron chi connectivity index (χ1n) is 5.55. The molecule has 0 saturated heterocycles. The first-order valence-corrected chi connectivity index (χ1v) is 6.08. The van der Waals surface area contributed by atoms with Crippen molar-refractivity contribution in [2.75, 3.05) is 12.5 Å². The molecule has 1 nitrogen and oxygen atoms in total. The summed E-state index contributed by atoms with van der Waals surface area (Å²) in [5.74, 6) is 7.13.